The van der Waals surface area contributed by atoms with Crippen LogP contribution in [0.3, 0.4) is 0 Å². The monoisotopic (exact) mass is 1480 g/mol. The highest BCUT2D eigenvalue weighted by Gasteiger charge is 2.29. The van der Waals surface area contributed by atoms with Gasteiger partial charge < -0.3 is 8.83 Å². The summed E-state index contributed by atoms with van der Waals surface area (Å²) in [4.78, 5) is 42.3. The van der Waals surface area contributed by atoms with Gasteiger partial charge in [-0.25, -0.2) is 39.9 Å². The highest BCUT2D eigenvalue weighted by atomic mass is 16.3. The maximum Gasteiger partial charge on any atom is 0.164 e. The zero-order valence-electron chi connectivity index (χ0n) is 62.5. The van der Waals surface area contributed by atoms with Gasteiger partial charge in [0.05, 0.1) is 22.1 Å². The van der Waals surface area contributed by atoms with Gasteiger partial charge in [0.1, 0.15) is 22.8 Å². The fraction of sp³-hybridized carbons (Fsp3) is 0. The van der Waals surface area contributed by atoms with Crippen LogP contribution < -0.4 is 0 Å². The van der Waals surface area contributed by atoms with E-state index in [0.29, 0.717) is 46.2 Å². The lowest BCUT2D eigenvalue weighted by molar-refractivity contribution is 0.632. The molecule has 542 valence electrons. The molecule has 0 radical (unpaired) electrons. The fourth-order valence-corrected chi connectivity index (χ4v) is 16.0. The number of benzene rings is 15. The number of aromatic nitrogens is 8. The van der Waals surface area contributed by atoms with Crippen LogP contribution in [0.2, 0.25) is 0 Å². The Morgan fingerprint density at radius 2 is 0.431 bits per heavy atom. The molecule has 0 bridgehead atoms. The van der Waals surface area contributed by atoms with Gasteiger partial charge in [-0.2, -0.15) is 0 Å². The summed E-state index contributed by atoms with van der Waals surface area (Å²) in [7, 11) is 0. The first-order valence-corrected chi connectivity index (χ1v) is 38.8. The average Bonchev–Trinajstić information content (AvgIpc) is 1.57. The van der Waals surface area contributed by atoms with Gasteiger partial charge in [-0.1, -0.05) is 334 Å². The number of fused-ring (bicyclic) bond motifs is 6. The van der Waals surface area contributed by atoms with Crippen LogP contribution in [-0.2, 0) is 0 Å². The van der Waals surface area contributed by atoms with E-state index in [2.05, 4.69) is 273 Å². The van der Waals surface area contributed by atoms with Gasteiger partial charge in [0, 0.05) is 82.9 Å². The van der Waals surface area contributed by atoms with E-state index in [1.54, 1.807) is 0 Å². The van der Waals surface area contributed by atoms with E-state index >= 15 is 0 Å². The predicted molar refractivity (Wildman–Crippen MR) is 470 cm³/mol. The molecular formula is C106H66N8O2. The summed E-state index contributed by atoms with van der Waals surface area (Å²) in [6.07, 6.45) is 0. The second-order valence-electron chi connectivity index (χ2n) is 28.9. The van der Waals surface area contributed by atoms with E-state index in [1.165, 1.54) is 0 Å². The Morgan fingerprint density at radius 3 is 0.888 bits per heavy atom. The van der Waals surface area contributed by atoms with Crippen LogP contribution in [0.1, 0.15) is 0 Å². The van der Waals surface area contributed by atoms with Crippen LogP contribution >= 0.6 is 0 Å². The minimum absolute atomic E-state index is 0.531. The molecule has 0 aliphatic rings. The molecular weight excluding hydrogens is 1420 g/mol. The zero-order chi connectivity index (χ0) is 76.8. The normalized spacial score (nSPS) is 11.4. The lowest BCUT2D eigenvalue weighted by Crippen LogP contribution is -2.00. The molecule has 0 fully saturated rings. The SMILES string of the molecule is c1ccc(-c2cc(-c3ccccc3)cc(-c3oc4c(c(-c5ccccc5)nc5ccccc54)c3-c3cccc(-c4cccc(-c5nc(-c6ccccc6)nc(-c6cccc(-c7cccc(-c8nc9ccccc9c9c(-c%10cccc(-c%11nc(-c%12ccccc%12)nc(-c%12ccccc%12)n%11)c%10)c(-c%10ccccc%10)oc89)c7)c6)n5)c4)c3)c2)cc1. The number of rotatable bonds is 16. The topological polar surface area (TPSA) is 129 Å². The van der Waals surface area contributed by atoms with E-state index in [-0.39, 0.29) is 0 Å². The van der Waals surface area contributed by atoms with Crippen molar-refractivity contribution in [3.63, 3.8) is 0 Å². The van der Waals surface area contributed by atoms with Crippen molar-refractivity contribution >= 4 is 43.7 Å². The summed E-state index contributed by atoms with van der Waals surface area (Å²) >= 11 is 0. The van der Waals surface area contributed by atoms with Crippen molar-refractivity contribution in [3.8, 4) is 180 Å². The Labute approximate surface area is 668 Å². The van der Waals surface area contributed by atoms with Crippen LogP contribution in [0.4, 0.5) is 0 Å². The standard InChI is InChI=1S/C106H66N8O2/c1-8-31-67(32-9-1)84-64-85(68-33-10-2-11-34-68)66-86(65-84)98-92(94-95(69-35-12-3-13-36-69)107-90-58-25-23-56-88(90)99(94)115-98)78-49-26-45-74(59-78)76-47-28-52-81(61-76)104-112-103(73-43-20-7-21-44-73)113-105(114-104)82-53-29-48-77(62-82)75-46-27-51-80(60-75)96-100-93(87-55-22-24-57-89(87)108-96)91(97(116-100)70-37-14-4-15-38-70)79-50-30-54-83(63-79)106-110-101(71-39-16-5-17-40-71)109-102(111-106)72-41-18-6-19-42-72/h1-66H. The number of hydrogen-bond acceptors (Lipinski definition) is 10. The second kappa shape index (κ2) is 29.5. The fourth-order valence-electron chi connectivity index (χ4n) is 16.0. The lowest BCUT2D eigenvalue weighted by atomic mass is 9.90. The number of nitrogens with zero attached hydrogens (tertiary/aromatic N) is 8. The smallest absolute Gasteiger partial charge is 0.164 e. The Morgan fingerprint density at radius 1 is 0.155 bits per heavy atom. The first kappa shape index (κ1) is 68.3. The van der Waals surface area contributed by atoms with Crippen molar-refractivity contribution in [1.29, 1.82) is 0 Å². The third-order valence-corrected chi connectivity index (χ3v) is 21.5. The largest absolute Gasteiger partial charge is 0.455 e. The van der Waals surface area contributed by atoms with E-state index in [0.717, 1.165) is 178 Å². The van der Waals surface area contributed by atoms with Gasteiger partial charge in [-0.15, -0.1) is 0 Å². The molecule has 0 saturated carbocycles. The van der Waals surface area contributed by atoms with Gasteiger partial charge >= 0.3 is 0 Å². The molecule has 6 aromatic heterocycles. The molecule has 0 spiro atoms. The quantitative estimate of drug-likeness (QED) is 0.0922. The summed E-state index contributed by atoms with van der Waals surface area (Å²) in [5.74, 6) is 4.82. The molecule has 10 heteroatoms. The van der Waals surface area contributed by atoms with Crippen molar-refractivity contribution in [2.45, 2.75) is 0 Å². The summed E-state index contributed by atoms with van der Waals surface area (Å²) in [6.45, 7) is 0. The maximum absolute atomic E-state index is 7.49. The number of para-hydroxylation sites is 2. The van der Waals surface area contributed by atoms with E-state index in [9.17, 15) is 0 Å². The Hall–Kier alpha value is -15.8. The maximum atomic E-state index is 7.49. The zero-order valence-corrected chi connectivity index (χ0v) is 62.5. The van der Waals surface area contributed by atoms with Gasteiger partial charge in [0.25, 0.3) is 0 Å². The third kappa shape index (κ3) is 12.9. The molecule has 0 saturated heterocycles. The molecule has 116 heavy (non-hydrogen) atoms. The number of furan rings is 2. The predicted octanol–water partition coefficient (Wildman–Crippen LogP) is 27.3. The van der Waals surface area contributed by atoms with E-state index < -0.39 is 0 Å². The molecule has 0 aliphatic carbocycles. The molecule has 0 aliphatic heterocycles. The first-order chi connectivity index (χ1) is 57.5. The Kier molecular flexibility index (Phi) is 17.3. The average molecular weight is 1480 g/mol. The van der Waals surface area contributed by atoms with E-state index in [1.807, 2.05) is 127 Å². The van der Waals surface area contributed by atoms with Crippen LogP contribution in [0.5, 0.6) is 0 Å². The summed E-state index contributed by atoms with van der Waals surface area (Å²) in [5.41, 5.74) is 25.6. The van der Waals surface area contributed by atoms with Gasteiger partial charge in [-0.3, -0.25) is 0 Å². The van der Waals surface area contributed by atoms with Gasteiger partial charge in [-0.05, 0) is 122 Å². The molecule has 0 unspecified atom stereocenters. The third-order valence-electron chi connectivity index (χ3n) is 21.5. The summed E-state index contributed by atoms with van der Waals surface area (Å²) < 4.78 is 14.9. The molecule has 15 aromatic carbocycles. The first-order valence-electron chi connectivity index (χ1n) is 38.8. The Bertz CT molecular complexity index is 7190. The molecule has 21 rings (SSSR count). The molecule has 0 N–H and O–H groups in total. The lowest BCUT2D eigenvalue weighted by Gasteiger charge is -2.13. The highest BCUT2D eigenvalue weighted by Crippen LogP contribution is 2.51. The molecule has 0 amide bonds. The molecule has 21 aromatic rings. The van der Waals surface area contributed by atoms with Crippen molar-refractivity contribution in [2.24, 2.45) is 0 Å². The van der Waals surface area contributed by atoms with Gasteiger partial charge in [0.15, 0.2) is 40.5 Å². The van der Waals surface area contributed by atoms with Crippen molar-refractivity contribution in [3.05, 3.63) is 400 Å². The van der Waals surface area contributed by atoms with Gasteiger partial charge in [0.2, 0.25) is 0 Å². The Balaban J connectivity index is 0.667. The van der Waals surface area contributed by atoms with E-state index in [4.69, 9.17) is 48.7 Å². The molecule has 10 nitrogen and oxygen atoms in total. The number of pyridine rings is 2. The van der Waals surface area contributed by atoms with Crippen molar-refractivity contribution in [2.75, 3.05) is 0 Å². The summed E-state index contributed by atoms with van der Waals surface area (Å²) in [5, 5.41) is 3.77. The van der Waals surface area contributed by atoms with Crippen LogP contribution in [0.15, 0.2) is 409 Å². The summed E-state index contributed by atoms with van der Waals surface area (Å²) in [6, 6.07) is 138. The van der Waals surface area contributed by atoms with Crippen molar-refractivity contribution < 1.29 is 8.83 Å². The molecule has 6 heterocycles. The van der Waals surface area contributed by atoms with Crippen molar-refractivity contribution in [1.82, 2.24) is 39.9 Å². The van der Waals surface area contributed by atoms with Crippen LogP contribution in [0, 0.1) is 0 Å². The highest BCUT2D eigenvalue weighted by molar-refractivity contribution is 6.19. The minimum atomic E-state index is 0.531. The molecule has 0 atom stereocenters. The number of hydrogen-bond donors (Lipinski definition) is 0. The van der Waals surface area contributed by atoms with Crippen LogP contribution in [-0.4, -0.2) is 39.9 Å². The van der Waals surface area contributed by atoms with Crippen LogP contribution in [0.25, 0.3) is 224 Å². The minimum Gasteiger partial charge on any atom is -0.455 e. The second-order valence-corrected chi connectivity index (χ2v) is 28.9.